The second-order valence-corrected chi connectivity index (χ2v) is 5.53. The number of carbonyl (C=O) groups is 1. The van der Waals surface area contributed by atoms with Gasteiger partial charge in [0, 0.05) is 24.2 Å². The van der Waals surface area contributed by atoms with Gasteiger partial charge < -0.3 is 15.3 Å². The Kier molecular flexibility index (Phi) is 3.42. The largest absolute Gasteiger partial charge is 0.508 e. The van der Waals surface area contributed by atoms with Gasteiger partial charge in [0.05, 0.1) is 0 Å². The van der Waals surface area contributed by atoms with Crippen molar-refractivity contribution in [2.45, 2.75) is 37.8 Å². The second-order valence-electron chi connectivity index (χ2n) is 5.53. The number of hydrogen-bond donors (Lipinski definition) is 2. The number of carbonyl (C=O) groups excluding carboxylic acids is 1. The van der Waals surface area contributed by atoms with E-state index in [2.05, 4.69) is 5.32 Å². The van der Waals surface area contributed by atoms with Gasteiger partial charge in [-0.05, 0) is 50.4 Å². The molecule has 0 radical (unpaired) electrons. The average molecular weight is 260 g/mol. The first-order chi connectivity index (χ1) is 9.24. The molecule has 2 aliphatic rings. The summed E-state index contributed by atoms with van der Waals surface area (Å²) in [4.78, 5) is 14.5. The van der Waals surface area contributed by atoms with E-state index in [0.717, 1.165) is 32.4 Å². The van der Waals surface area contributed by atoms with Crippen LogP contribution in [0.5, 0.6) is 5.75 Å². The standard InChI is InChI=1S/C15H20N2O2/c18-14-5-1-3-11(9-14)15(19)17(13-6-7-13)10-12-4-2-8-16-12/h1,3,5,9,12-13,16,18H,2,4,6-8,10H2. The Hall–Kier alpha value is -1.55. The Morgan fingerprint density at radius 1 is 1.37 bits per heavy atom. The van der Waals surface area contributed by atoms with Crippen molar-refractivity contribution in [2.24, 2.45) is 0 Å². The Morgan fingerprint density at radius 2 is 2.21 bits per heavy atom. The highest BCUT2D eigenvalue weighted by atomic mass is 16.3. The van der Waals surface area contributed by atoms with Crippen molar-refractivity contribution in [1.82, 2.24) is 10.2 Å². The van der Waals surface area contributed by atoms with Gasteiger partial charge in [-0.1, -0.05) is 6.07 Å². The number of nitrogens with one attached hydrogen (secondary N) is 1. The molecule has 1 heterocycles. The SMILES string of the molecule is O=C(c1cccc(O)c1)N(CC1CCCN1)C1CC1. The molecule has 1 unspecified atom stereocenters. The molecule has 4 heteroatoms. The maximum absolute atomic E-state index is 12.6. The lowest BCUT2D eigenvalue weighted by Gasteiger charge is -2.26. The van der Waals surface area contributed by atoms with Gasteiger partial charge in [0.25, 0.3) is 5.91 Å². The number of phenols is 1. The summed E-state index contributed by atoms with van der Waals surface area (Å²) in [6.45, 7) is 1.85. The summed E-state index contributed by atoms with van der Waals surface area (Å²) in [5.41, 5.74) is 0.588. The van der Waals surface area contributed by atoms with E-state index < -0.39 is 0 Å². The maximum atomic E-state index is 12.6. The zero-order valence-electron chi connectivity index (χ0n) is 11.0. The van der Waals surface area contributed by atoms with Gasteiger partial charge in [-0.3, -0.25) is 4.79 Å². The maximum Gasteiger partial charge on any atom is 0.254 e. The Bertz CT molecular complexity index is 465. The van der Waals surface area contributed by atoms with Gasteiger partial charge in [-0.15, -0.1) is 0 Å². The Labute approximate surface area is 113 Å². The van der Waals surface area contributed by atoms with E-state index in [0.29, 0.717) is 17.6 Å². The van der Waals surface area contributed by atoms with Crippen LogP contribution in [0.2, 0.25) is 0 Å². The van der Waals surface area contributed by atoms with Crippen LogP contribution in [-0.2, 0) is 0 Å². The number of phenolic OH excluding ortho intramolecular Hbond substituents is 1. The molecular formula is C15H20N2O2. The number of amides is 1. The molecule has 0 bridgehead atoms. The number of hydrogen-bond acceptors (Lipinski definition) is 3. The highest BCUT2D eigenvalue weighted by Gasteiger charge is 2.34. The summed E-state index contributed by atoms with van der Waals surface area (Å²) in [5, 5.41) is 12.9. The zero-order valence-corrected chi connectivity index (χ0v) is 11.0. The number of aromatic hydroxyl groups is 1. The lowest BCUT2D eigenvalue weighted by Crippen LogP contribution is -2.42. The fourth-order valence-electron chi connectivity index (χ4n) is 2.74. The summed E-state index contributed by atoms with van der Waals surface area (Å²) in [6.07, 6.45) is 4.56. The first kappa shape index (κ1) is 12.5. The van der Waals surface area contributed by atoms with E-state index in [-0.39, 0.29) is 11.7 Å². The molecule has 0 aromatic heterocycles. The fraction of sp³-hybridized carbons (Fsp3) is 0.533. The van der Waals surface area contributed by atoms with Crippen molar-refractivity contribution in [3.8, 4) is 5.75 Å². The molecule has 1 amide bonds. The minimum absolute atomic E-state index is 0.0482. The Balaban J connectivity index is 1.73. The highest BCUT2D eigenvalue weighted by molar-refractivity contribution is 5.95. The van der Waals surface area contributed by atoms with Crippen molar-refractivity contribution in [2.75, 3.05) is 13.1 Å². The summed E-state index contributed by atoms with van der Waals surface area (Å²) >= 11 is 0. The third kappa shape index (κ3) is 2.89. The highest BCUT2D eigenvalue weighted by Crippen LogP contribution is 2.29. The van der Waals surface area contributed by atoms with Crippen LogP contribution in [0, 0.1) is 0 Å². The van der Waals surface area contributed by atoms with Crippen LogP contribution in [0.15, 0.2) is 24.3 Å². The molecule has 1 saturated carbocycles. The molecule has 1 aromatic carbocycles. The molecule has 1 aliphatic carbocycles. The van der Waals surface area contributed by atoms with Gasteiger partial charge >= 0.3 is 0 Å². The van der Waals surface area contributed by atoms with E-state index in [9.17, 15) is 9.90 Å². The predicted molar refractivity (Wildman–Crippen MR) is 73.2 cm³/mol. The van der Waals surface area contributed by atoms with Gasteiger partial charge in [-0.25, -0.2) is 0 Å². The van der Waals surface area contributed by atoms with Gasteiger partial charge in [0.15, 0.2) is 0 Å². The molecule has 2 fully saturated rings. The number of benzene rings is 1. The first-order valence-corrected chi connectivity index (χ1v) is 7.07. The van der Waals surface area contributed by atoms with Crippen molar-refractivity contribution >= 4 is 5.91 Å². The van der Waals surface area contributed by atoms with Crippen LogP contribution in [-0.4, -0.2) is 41.1 Å². The van der Waals surface area contributed by atoms with Crippen molar-refractivity contribution in [3.05, 3.63) is 29.8 Å². The van der Waals surface area contributed by atoms with Crippen LogP contribution in [0.25, 0.3) is 0 Å². The number of rotatable bonds is 4. The van der Waals surface area contributed by atoms with Crippen LogP contribution in [0.3, 0.4) is 0 Å². The molecule has 2 N–H and O–H groups in total. The molecule has 1 atom stereocenters. The van der Waals surface area contributed by atoms with E-state index in [1.807, 2.05) is 4.90 Å². The molecule has 19 heavy (non-hydrogen) atoms. The average Bonchev–Trinajstić information content (AvgIpc) is 3.12. The van der Waals surface area contributed by atoms with Crippen LogP contribution >= 0.6 is 0 Å². The van der Waals surface area contributed by atoms with Gasteiger partial charge in [-0.2, -0.15) is 0 Å². The first-order valence-electron chi connectivity index (χ1n) is 7.07. The second kappa shape index (κ2) is 5.21. The van der Waals surface area contributed by atoms with E-state index >= 15 is 0 Å². The molecule has 3 rings (SSSR count). The van der Waals surface area contributed by atoms with Crippen LogP contribution < -0.4 is 5.32 Å². The molecular weight excluding hydrogens is 240 g/mol. The fourth-order valence-corrected chi connectivity index (χ4v) is 2.74. The van der Waals surface area contributed by atoms with E-state index in [1.165, 1.54) is 6.42 Å². The number of nitrogens with zero attached hydrogens (tertiary/aromatic N) is 1. The van der Waals surface area contributed by atoms with Gasteiger partial charge in [0.2, 0.25) is 0 Å². The quantitative estimate of drug-likeness (QED) is 0.867. The summed E-state index contributed by atoms with van der Waals surface area (Å²) in [7, 11) is 0. The third-order valence-corrected chi connectivity index (χ3v) is 3.92. The minimum Gasteiger partial charge on any atom is -0.508 e. The molecule has 1 aliphatic heterocycles. The van der Waals surface area contributed by atoms with Crippen molar-refractivity contribution in [1.29, 1.82) is 0 Å². The molecule has 1 saturated heterocycles. The molecule has 102 valence electrons. The molecule has 4 nitrogen and oxygen atoms in total. The smallest absolute Gasteiger partial charge is 0.254 e. The molecule has 0 spiro atoms. The summed E-state index contributed by atoms with van der Waals surface area (Å²) in [6, 6.07) is 7.48. The monoisotopic (exact) mass is 260 g/mol. The molecule has 1 aromatic rings. The van der Waals surface area contributed by atoms with Crippen LogP contribution in [0.1, 0.15) is 36.0 Å². The lowest BCUT2D eigenvalue weighted by molar-refractivity contribution is 0.0728. The summed E-state index contributed by atoms with van der Waals surface area (Å²) < 4.78 is 0. The van der Waals surface area contributed by atoms with Crippen molar-refractivity contribution < 1.29 is 9.90 Å². The van der Waals surface area contributed by atoms with Gasteiger partial charge in [0.1, 0.15) is 5.75 Å². The topological polar surface area (TPSA) is 52.6 Å². The lowest BCUT2D eigenvalue weighted by atomic mass is 10.1. The minimum atomic E-state index is 0.0482. The predicted octanol–water partition coefficient (Wildman–Crippen LogP) is 1.75. The normalized spacial score (nSPS) is 22.4. The zero-order chi connectivity index (χ0) is 13.2. The van der Waals surface area contributed by atoms with E-state index in [4.69, 9.17) is 0 Å². The van der Waals surface area contributed by atoms with Crippen molar-refractivity contribution in [3.63, 3.8) is 0 Å². The Morgan fingerprint density at radius 3 is 2.84 bits per heavy atom. The summed E-state index contributed by atoms with van der Waals surface area (Å²) in [5.74, 6) is 0.202. The van der Waals surface area contributed by atoms with E-state index in [1.54, 1.807) is 24.3 Å². The van der Waals surface area contributed by atoms with Crippen LogP contribution in [0.4, 0.5) is 0 Å². The third-order valence-electron chi connectivity index (χ3n) is 3.92.